The second kappa shape index (κ2) is 22.3. The Balaban J connectivity index is 0. The van der Waals surface area contributed by atoms with E-state index in [0.717, 1.165) is 46.1 Å². The lowest BCUT2D eigenvalue weighted by Gasteiger charge is -2.24. The van der Waals surface area contributed by atoms with Crippen LogP contribution in [0.1, 0.15) is 66.5 Å². The van der Waals surface area contributed by atoms with Gasteiger partial charge in [0.15, 0.2) is 0 Å². The highest BCUT2D eigenvalue weighted by Gasteiger charge is 2.14. The average molecular weight is 537 g/mol. The first kappa shape index (κ1) is 36.3. The van der Waals surface area contributed by atoms with Crippen LogP contribution in [0.3, 0.4) is 0 Å². The van der Waals surface area contributed by atoms with Gasteiger partial charge >= 0.3 is 0 Å². The van der Waals surface area contributed by atoms with Crippen molar-refractivity contribution in [2.24, 2.45) is 22.7 Å². The molecule has 0 saturated carbocycles. The van der Waals surface area contributed by atoms with Gasteiger partial charge in [0.1, 0.15) is 0 Å². The molecule has 2 aromatic rings. The van der Waals surface area contributed by atoms with Gasteiger partial charge in [0.25, 0.3) is 0 Å². The lowest BCUT2D eigenvalue weighted by Crippen LogP contribution is -2.32. The quantitative estimate of drug-likeness (QED) is 0.179. The normalized spacial score (nSPS) is 10.5. The summed E-state index contributed by atoms with van der Waals surface area (Å²) in [6.07, 6.45) is 0. The van der Waals surface area contributed by atoms with Crippen molar-refractivity contribution in [2.75, 3.05) is 31.4 Å². The Morgan fingerprint density at radius 3 is 1.34 bits per heavy atom. The Labute approximate surface area is 233 Å². The van der Waals surface area contributed by atoms with Crippen molar-refractivity contribution in [1.29, 1.82) is 0 Å². The molecule has 200 valence electrons. The first-order valence-electron chi connectivity index (χ1n) is 12.6. The van der Waals surface area contributed by atoms with Crippen LogP contribution >= 0.6 is 37.0 Å². The highest BCUT2D eigenvalue weighted by molar-refractivity contribution is 8.00. The van der Waals surface area contributed by atoms with E-state index in [1.165, 1.54) is 5.75 Å². The van der Waals surface area contributed by atoms with Crippen LogP contribution in [0, 0.1) is 17.8 Å². The number of hydrogen-bond donors (Lipinski definition) is 3. The third-order valence-corrected chi connectivity index (χ3v) is 7.65. The first-order valence-corrected chi connectivity index (χ1v) is 14.8. The molecule has 0 unspecified atom stereocenters. The van der Waals surface area contributed by atoms with Gasteiger partial charge in [-0.1, -0.05) is 102 Å². The highest BCUT2D eigenvalue weighted by atomic mass is 32.2. The third kappa shape index (κ3) is 22.1. The molecule has 0 heterocycles. The minimum atomic E-state index is 0.240. The molecule has 0 aliphatic heterocycles. The van der Waals surface area contributed by atoms with Gasteiger partial charge in [0.2, 0.25) is 0 Å². The Hall–Kier alpha value is -0.880. The van der Waals surface area contributed by atoms with Crippen LogP contribution in [0.5, 0.6) is 0 Å². The SMILES string of the molecule is CC(C)CS.CC(C)CS.CN=C(c1ccccc1)c1ccccc1.CNC(C)(C)SCC(C)C. The summed E-state index contributed by atoms with van der Waals surface area (Å²) < 4.78 is 0. The van der Waals surface area contributed by atoms with Crippen molar-refractivity contribution >= 4 is 42.7 Å². The van der Waals surface area contributed by atoms with E-state index in [2.05, 4.69) is 115 Å². The summed E-state index contributed by atoms with van der Waals surface area (Å²) in [5.41, 5.74) is 3.36. The number of thioether (sulfide) groups is 1. The van der Waals surface area contributed by atoms with Crippen molar-refractivity contribution in [1.82, 2.24) is 5.32 Å². The highest BCUT2D eigenvalue weighted by Crippen LogP contribution is 2.22. The minimum Gasteiger partial charge on any atom is -0.306 e. The fourth-order valence-corrected chi connectivity index (χ4v) is 2.96. The first-order chi connectivity index (χ1) is 16.4. The van der Waals surface area contributed by atoms with Crippen molar-refractivity contribution < 1.29 is 0 Å². The zero-order valence-corrected chi connectivity index (χ0v) is 26.5. The molecule has 0 saturated heterocycles. The van der Waals surface area contributed by atoms with Crippen LogP contribution in [-0.2, 0) is 0 Å². The molecule has 0 atom stereocenters. The van der Waals surface area contributed by atoms with E-state index in [1.807, 2.05) is 62.3 Å². The molecule has 1 N–H and O–H groups in total. The molecule has 2 aromatic carbocycles. The molecule has 0 bridgehead atoms. The van der Waals surface area contributed by atoms with Crippen LogP contribution in [0.4, 0.5) is 0 Å². The van der Waals surface area contributed by atoms with E-state index >= 15 is 0 Å². The monoisotopic (exact) mass is 536 g/mol. The molecule has 0 aliphatic carbocycles. The number of nitrogens with one attached hydrogen (secondary N) is 1. The number of hydrogen-bond acceptors (Lipinski definition) is 5. The number of thiol groups is 2. The molecule has 0 spiro atoms. The van der Waals surface area contributed by atoms with Gasteiger partial charge in [-0.25, -0.2) is 0 Å². The molecule has 5 heteroatoms. The summed E-state index contributed by atoms with van der Waals surface area (Å²) in [6.45, 7) is 17.5. The van der Waals surface area contributed by atoms with Crippen molar-refractivity contribution in [3.8, 4) is 0 Å². The van der Waals surface area contributed by atoms with Crippen LogP contribution in [-0.4, -0.2) is 41.9 Å². The molecule has 0 fully saturated rings. The molecule has 0 amide bonds. The zero-order valence-electron chi connectivity index (χ0n) is 23.9. The third-order valence-electron chi connectivity index (χ3n) is 4.43. The summed E-state index contributed by atoms with van der Waals surface area (Å²) in [4.78, 5) is 4.59. The standard InChI is InChI=1S/C14H13N.C8H19NS.2C4H10S/c1-15-14(12-8-4-2-5-9-12)13-10-6-3-7-11-13;1-7(2)6-10-8(3,4)9-5;2*1-4(2)3-5/h2-11H,1H3;7,9H,6H2,1-5H3;2*4-5H,3H2,1-2H3. The molecule has 35 heavy (non-hydrogen) atoms. The fourth-order valence-electron chi connectivity index (χ4n) is 2.06. The van der Waals surface area contributed by atoms with Crippen molar-refractivity contribution in [2.45, 2.75) is 60.3 Å². The Bertz CT molecular complexity index is 693. The second-order valence-electron chi connectivity index (χ2n) is 9.92. The van der Waals surface area contributed by atoms with Gasteiger partial charge in [-0.05, 0) is 55.9 Å². The van der Waals surface area contributed by atoms with E-state index in [0.29, 0.717) is 0 Å². The topological polar surface area (TPSA) is 24.4 Å². The lowest BCUT2D eigenvalue weighted by atomic mass is 10.0. The Kier molecular flexibility index (Phi) is 23.1. The van der Waals surface area contributed by atoms with E-state index in [-0.39, 0.29) is 4.87 Å². The molecule has 2 nitrogen and oxygen atoms in total. The Morgan fingerprint density at radius 2 is 1.11 bits per heavy atom. The van der Waals surface area contributed by atoms with Crippen LogP contribution in [0.25, 0.3) is 0 Å². The van der Waals surface area contributed by atoms with Crippen LogP contribution < -0.4 is 5.32 Å². The molecule has 0 aliphatic rings. The molecule has 0 aromatic heterocycles. The van der Waals surface area contributed by atoms with Crippen LogP contribution in [0.2, 0.25) is 0 Å². The van der Waals surface area contributed by atoms with Gasteiger partial charge in [-0.2, -0.15) is 25.3 Å². The fraction of sp³-hybridized carbons (Fsp3) is 0.567. The van der Waals surface area contributed by atoms with Gasteiger partial charge in [-0.3, -0.25) is 4.99 Å². The van der Waals surface area contributed by atoms with E-state index in [4.69, 9.17) is 0 Å². The van der Waals surface area contributed by atoms with E-state index in [9.17, 15) is 0 Å². The van der Waals surface area contributed by atoms with Crippen molar-refractivity contribution in [3.63, 3.8) is 0 Å². The predicted molar refractivity (Wildman–Crippen MR) is 172 cm³/mol. The van der Waals surface area contributed by atoms with E-state index < -0.39 is 0 Å². The summed E-state index contributed by atoms with van der Waals surface area (Å²) >= 11 is 10.0. The van der Waals surface area contributed by atoms with Gasteiger partial charge in [0.05, 0.1) is 10.6 Å². The predicted octanol–water partition coefficient (Wildman–Crippen LogP) is 8.63. The largest absolute Gasteiger partial charge is 0.306 e. The maximum absolute atomic E-state index is 4.35. The molecule has 0 radical (unpaired) electrons. The number of nitrogens with zero attached hydrogens (tertiary/aromatic N) is 1. The maximum atomic E-state index is 4.35. The minimum absolute atomic E-state index is 0.240. The molecular weight excluding hydrogens is 485 g/mol. The summed E-state index contributed by atoms with van der Waals surface area (Å²) in [6, 6.07) is 20.5. The Morgan fingerprint density at radius 1 is 0.771 bits per heavy atom. The van der Waals surface area contributed by atoms with Gasteiger partial charge < -0.3 is 5.32 Å². The zero-order chi connectivity index (χ0) is 27.3. The van der Waals surface area contributed by atoms with Crippen LogP contribution in [0.15, 0.2) is 65.7 Å². The second-order valence-corrected chi connectivity index (χ2v) is 12.3. The number of aliphatic imine (C=N–C) groups is 1. The smallest absolute Gasteiger partial charge is 0.0715 e. The molecule has 2 rings (SSSR count). The number of benzene rings is 2. The van der Waals surface area contributed by atoms with Crippen molar-refractivity contribution in [3.05, 3.63) is 71.8 Å². The summed E-state index contributed by atoms with van der Waals surface area (Å²) in [5.74, 6) is 5.52. The summed E-state index contributed by atoms with van der Waals surface area (Å²) in [5, 5.41) is 3.26. The number of rotatable bonds is 8. The van der Waals surface area contributed by atoms with Gasteiger partial charge in [-0.15, -0.1) is 11.8 Å². The molecular formula is C30H52N2S3. The van der Waals surface area contributed by atoms with E-state index in [1.54, 1.807) is 0 Å². The summed E-state index contributed by atoms with van der Waals surface area (Å²) in [7, 11) is 3.84. The maximum Gasteiger partial charge on any atom is 0.0715 e. The average Bonchev–Trinajstić information content (AvgIpc) is 2.86. The lowest BCUT2D eigenvalue weighted by molar-refractivity contribution is 0.604. The van der Waals surface area contributed by atoms with Gasteiger partial charge in [0, 0.05) is 18.2 Å².